The molecule has 0 aromatic heterocycles. The van der Waals surface area contributed by atoms with E-state index in [1.807, 2.05) is 0 Å². The topological polar surface area (TPSA) is 26.1 Å². The lowest BCUT2D eigenvalue weighted by Crippen LogP contribution is -2.15. The highest BCUT2D eigenvalue weighted by Gasteiger charge is 2.28. The second-order valence-electron chi connectivity index (χ2n) is 1.22. The summed E-state index contributed by atoms with van der Waals surface area (Å²) in [6, 6.07) is 0. The molecule has 0 N–H and O–H groups in total. The highest BCUT2D eigenvalue weighted by atomic mass is 19.4. The summed E-state index contributed by atoms with van der Waals surface area (Å²) in [7, 11) is 0.771. The third-order valence-corrected chi connectivity index (χ3v) is 0.328. The summed E-state index contributed by atoms with van der Waals surface area (Å²) in [4.78, 5) is 0. The molecule has 0 atom stereocenters. The zero-order valence-electron chi connectivity index (χ0n) is 4.07. The third kappa shape index (κ3) is 5.26. The van der Waals surface area contributed by atoms with Crippen molar-refractivity contribution < 1.29 is 17.9 Å². The highest BCUT2D eigenvalue weighted by molar-refractivity contribution is 5.58. The molecule has 0 rings (SSSR count). The van der Waals surface area contributed by atoms with Crippen LogP contribution in [0.3, 0.4) is 0 Å². The summed E-state index contributed by atoms with van der Waals surface area (Å²) in [5.41, 5.74) is 0. The quantitative estimate of drug-likeness (QED) is 0.204. The maximum Gasteiger partial charge on any atom is 0.470 e. The van der Waals surface area contributed by atoms with Crippen molar-refractivity contribution in [3.63, 3.8) is 0 Å². The fourth-order valence-electron chi connectivity index (χ4n) is 0.206. The van der Waals surface area contributed by atoms with E-state index in [0.29, 0.717) is 0 Å². The van der Waals surface area contributed by atoms with E-state index in [9.17, 15) is 18.4 Å². The summed E-state index contributed by atoms with van der Waals surface area (Å²) in [6.45, 7) is 0. The van der Waals surface area contributed by atoms with Gasteiger partial charge in [-0.3, -0.25) is 0 Å². The SMILES string of the molecule is C/[N+]([O-])=C/C(F)(F)F. The molecule has 0 aliphatic heterocycles. The average Bonchev–Trinajstić information content (AvgIpc) is 1.21. The number of hydrogen-bond donors (Lipinski definition) is 0. The standard InChI is InChI=1S/C3H4F3NO/c1-7(8)2-3(4,5)6/h2H,1H3/b7-2-. The van der Waals surface area contributed by atoms with Crippen LogP contribution >= 0.6 is 0 Å². The predicted molar refractivity (Wildman–Crippen MR) is 21.7 cm³/mol. The van der Waals surface area contributed by atoms with Gasteiger partial charge in [-0.25, -0.2) is 4.74 Å². The van der Waals surface area contributed by atoms with Gasteiger partial charge in [0.05, 0.1) is 0 Å². The lowest BCUT2D eigenvalue weighted by molar-refractivity contribution is -0.426. The van der Waals surface area contributed by atoms with Crippen LogP contribution in [0.2, 0.25) is 0 Å². The number of hydroxylamine groups is 1. The van der Waals surface area contributed by atoms with Crippen LogP contribution in [0.25, 0.3) is 0 Å². The highest BCUT2D eigenvalue weighted by Crippen LogP contribution is 2.09. The van der Waals surface area contributed by atoms with Crippen LogP contribution in [0.5, 0.6) is 0 Å². The number of nitrogens with zero attached hydrogens (tertiary/aromatic N) is 1. The van der Waals surface area contributed by atoms with Crippen LogP contribution in [0.15, 0.2) is 0 Å². The van der Waals surface area contributed by atoms with Gasteiger partial charge in [0.15, 0.2) is 0 Å². The van der Waals surface area contributed by atoms with Gasteiger partial charge in [-0.1, -0.05) is 0 Å². The Balaban J connectivity index is 3.89. The maximum atomic E-state index is 11.0. The van der Waals surface area contributed by atoms with Crippen molar-refractivity contribution in [3.05, 3.63) is 5.21 Å². The van der Waals surface area contributed by atoms with Crippen molar-refractivity contribution in [3.8, 4) is 0 Å². The first kappa shape index (κ1) is 7.26. The molecule has 8 heavy (non-hydrogen) atoms. The molecule has 0 saturated heterocycles. The average molecular weight is 127 g/mol. The Hall–Kier alpha value is -0.740. The van der Waals surface area contributed by atoms with E-state index in [2.05, 4.69) is 0 Å². The normalized spacial score (nSPS) is 14.2. The molecule has 0 bridgehead atoms. The molecule has 5 heteroatoms. The summed E-state index contributed by atoms with van der Waals surface area (Å²) in [6.07, 6.45) is -4.86. The van der Waals surface area contributed by atoms with Crippen LogP contribution in [-0.4, -0.2) is 24.2 Å². The smallest absolute Gasteiger partial charge is 0.470 e. The molecule has 0 fully saturated rings. The molecule has 0 aromatic rings. The Labute approximate surface area is 43.8 Å². The molecule has 0 heterocycles. The van der Waals surface area contributed by atoms with Gasteiger partial charge in [0.25, 0.3) is 6.21 Å². The Morgan fingerprint density at radius 2 is 1.88 bits per heavy atom. The van der Waals surface area contributed by atoms with Crippen molar-refractivity contribution in [2.75, 3.05) is 7.05 Å². The minimum atomic E-state index is -4.49. The summed E-state index contributed by atoms with van der Waals surface area (Å²) < 4.78 is 32.7. The van der Waals surface area contributed by atoms with Crippen molar-refractivity contribution in [2.24, 2.45) is 0 Å². The van der Waals surface area contributed by atoms with Crippen molar-refractivity contribution >= 4 is 6.21 Å². The van der Waals surface area contributed by atoms with E-state index in [0.717, 1.165) is 7.05 Å². The van der Waals surface area contributed by atoms with E-state index < -0.39 is 6.18 Å². The zero-order valence-corrected chi connectivity index (χ0v) is 4.07. The molecule has 0 aromatic carbocycles. The molecule has 0 aliphatic rings. The second kappa shape index (κ2) is 2.02. The van der Waals surface area contributed by atoms with Gasteiger partial charge in [-0.05, 0) is 0 Å². The molecule has 0 spiro atoms. The number of alkyl halides is 3. The number of halogens is 3. The zero-order chi connectivity index (χ0) is 6.78. The maximum absolute atomic E-state index is 11.0. The van der Waals surface area contributed by atoms with Crippen LogP contribution < -0.4 is 0 Å². The van der Waals surface area contributed by atoms with Gasteiger partial charge in [-0.2, -0.15) is 13.2 Å². The number of hydrogen-bond acceptors (Lipinski definition) is 1. The molecule has 0 radical (unpaired) electrons. The molecule has 0 amide bonds. The first-order chi connectivity index (χ1) is 3.42. The van der Waals surface area contributed by atoms with Crippen LogP contribution in [0, 0.1) is 5.21 Å². The van der Waals surface area contributed by atoms with Crippen molar-refractivity contribution in [2.45, 2.75) is 6.18 Å². The lowest BCUT2D eigenvalue weighted by Gasteiger charge is -1.96. The lowest BCUT2D eigenvalue weighted by atomic mass is 10.7. The summed E-state index contributed by atoms with van der Waals surface area (Å²) in [5.74, 6) is 0. The van der Waals surface area contributed by atoms with Gasteiger partial charge in [0, 0.05) is 0 Å². The fourth-order valence-corrected chi connectivity index (χ4v) is 0.206. The Bertz CT molecular complexity index is 102. The minimum absolute atomic E-state index is 0.292. The number of rotatable bonds is 0. The molecule has 0 saturated carbocycles. The Kier molecular flexibility index (Phi) is 1.83. The molecule has 0 unspecified atom stereocenters. The fraction of sp³-hybridized carbons (Fsp3) is 0.667. The van der Waals surface area contributed by atoms with Gasteiger partial charge >= 0.3 is 6.18 Å². The molecular formula is C3H4F3NO. The monoisotopic (exact) mass is 127 g/mol. The van der Waals surface area contributed by atoms with Crippen LogP contribution in [-0.2, 0) is 0 Å². The first-order valence-corrected chi connectivity index (χ1v) is 1.74. The van der Waals surface area contributed by atoms with E-state index in [1.165, 1.54) is 0 Å². The van der Waals surface area contributed by atoms with Gasteiger partial charge in [0.1, 0.15) is 7.05 Å². The second-order valence-corrected chi connectivity index (χ2v) is 1.22. The Morgan fingerprint density at radius 1 is 1.50 bits per heavy atom. The van der Waals surface area contributed by atoms with Gasteiger partial charge < -0.3 is 5.21 Å². The summed E-state index contributed by atoms with van der Waals surface area (Å²) >= 11 is 0. The third-order valence-electron chi connectivity index (χ3n) is 0.328. The van der Waals surface area contributed by atoms with E-state index in [-0.39, 0.29) is 11.0 Å². The van der Waals surface area contributed by atoms with E-state index >= 15 is 0 Å². The van der Waals surface area contributed by atoms with Gasteiger partial charge in [-0.15, -0.1) is 0 Å². The van der Waals surface area contributed by atoms with Gasteiger partial charge in [0.2, 0.25) is 0 Å². The largest absolute Gasteiger partial charge is 0.624 e. The predicted octanol–water partition coefficient (Wildman–Crippen LogP) is 0.760. The molecule has 0 aliphatic carbocycles. The van der Waals surface area contributed by atoms with Crippen molar-refractivity contribution in [1.82, 2.24) is 0 Å². The molecule has 2 nitrogen and oxygen atoms in total. The van der Waals surface area contributed by atoms with Crippen molar-refractivity contribution in [1.29, 1.82) is 0 Å². The van der Waals surface area contributed by atoms with E-state index in [1.54, 1.807) is 0 Å². The van der Waals surface area contributed by atoms with Crippen LogP contribution in [0.4, 0.5) is 13.2 Å². The van der Waals surface area contributed by atoms with Crippen LogP contribution in [0.1, 0.15) is 0 Å². The Morgan fingerprint density at radius 3 is 1.88 bits per heavy atom. The van der Waals surface area contributed by atoms with E-state index in [4.69, 9.17) is 0 Å². The minimum Gasteiger partial charge on any atom is -0.624 e. The summed E-state index contributed by atoms with van der Waals surface area (Å²) in [5, 5.41) is 9.60. The first-order valence-electron chi connectivity index (χ1n) is 1.74. The molecule has 48 valence electrons. The molecular weight excluding hydrogens is 123 g/mol.